The number of nitrogens with one attached hydrogen (secondary N) is 1. The molecule has 1 unspecified atom stereocenters. The van der Waals surface area contributed by atoms with Crippen molar-refractivity contribution in [1.82, 2.24) is 10.2 Å². The lowest BCUT2D eigenvalue weighted by molar-refractivity contribution is -0.139. The second kappa shape index (κ2) is 11.2. The van der Waals surface area contributed by atoms with Gasteiger partial charge in [0.25, 0.3) is 0 Å². The van der Waals surface area contributed by atoms with Crippen molar-refractivity contribution in [2.45, 2.75) is 39.4 Å². The molecule has 0 spiro atoms. The highest BCUT2D eigenvalue weighted by atomic mass is 35.5. The van der Waals surface area contributed by atoms with Crippen LogP contribution < -0.4 is 9.62 Å². The molecule has 1 atom stereocenters. The summed E-state index contributed by atoms with van der Waals surface area (Å²) < 4.78 is 39.4. The van der Waals surface area contributed by atoms with Gasteiger partial charge in [-0.2, -0.15) is 0 Å². The van der Waals surface area contributed by atoms with Crippen LogP contribution in [0.2, 0.25) is 10.0 Å². The number of sulfonamides is 1. The summed E-state index contributed by atoms with van der Waals surface area (Å²) in [6.45, 7) is 4.46. The van der Waals surface area contributed by atoms with Gasteiger partial charge in [0.2, 0.25) is 21.8 Å². The van der Waals surface area contributed by atoms with Crippen LogP contribution in [0.5, 0.6) is 0 Å². The topological polar surface area (TPSA) is 86.8 Å². The van der Waals surface area contributed by atoms with E-state index >= 15 is 0 Å². The molecule has 1 N–H and O–H groups in total. The molecule has 0 aliphatic heterocycles. The maximum absolute atomic E-state index is 13.7. The van der Waals surface area contributed by atoms with E-state index in [0.29, 0.717) is 10.6 Å². The third kappa shape index (κ3) is 7.58. The quantitative estimate of drug-likeness (QED) is 0.547. The van der Waals surface area contributed by atoms with Crippen molar-refractivity contribution in [3.8, 4) is 0 Å². The minimum atomic E-state index is -3.93. The van der Waals surface area contributed by atoms with Crippen LogP contribution in [0.15, 0.2) is 42.5 Å². The molecular weight excluding hydrogens is 492 g/mol. The van der Waals surface area contributed by atoms with Crippen molar-refractivity contribution in [2.75, 3.05) is 17.1 Å². The lowest BCUT2D eigenvalue weighted by Crippen LogP contribution is -2.52. The van der Waals surface area contributed by atoms with Crippen molar-refractivity contribution in [1.29, 1.82) is 0 Å². The van der Waals surface area contributed by atoms with Crippen LogP contribution in [0.3, 0.4) is 0 Å². The number of benzene rings is 2. The first kappa shape index (κ1) is 26.9. The van der Waals surface area contributed by atoms with E-state index in [1.54, 1.807) is 39.0 Å². The molecule has 0 fully saturated rings. The van der Waals surface area contributed by atoms with Crippen molar-refractivity contribution in [3.63, 3.8) is 0 Å². The highest BCUT2D eigenvalue weighted by Crippen LogP contribution is 2.24. The molecule has 0 radical (unpaired) electrons. The van der Waals surface area contributed by atoms with Crippen molar-refractivity contribution in [2.24, 2.45) is 0 Å². The fourth-order valence-electron chi connectivity index (χ4n) is 3.07. The Balaban J connectivity index is 2.41. The minimum Gasteiger partial charge on any atom is -0.352 e. The van der Waals surface area contributed by atoms with Gasteiger partial charge in [-0.1, -0.05) is 35.3 Å². The van der Waals surface area contributed by atoms with Crippen LogP contribution in [0.4, 0.5) is 10.1 Å². The highest BCUT2D eigenvalue weighted by molar-refractivity contribution is 7.92. The predicted octanol–water partition coefficient (Wildman–Crippen LogP) is 3.84. The Morgan fingerprint density at radius 2 is 1.73 bits per heavy atom. The molecule has 11 heteroatoms. The molecule has 0 aromatic heterocycles. The van der Waals surface area contributed by atoms with Gasteiger partial charge < -0.3 is 10.2 Å². The molecule has 0 aliphatic rings. The fraction of sp³-hybridized carbons (Fsp3) is 0.364. The van der Waals surface area contributed by atoms with Crippen molar-refractivity contribution < 1.29 is 22.4 Å². The van der Waals surface area contributed by atoms with Gasteiger partial charge in [0.05, 0.1) is 22.0 Å². The number of carbonyl (C=O) groups is 2. The number of hydrogen-bond donors (Lipinski definition) is 1. The molecule has 2 amide bonds. The van der Waals surface area contributed by atoms with Crippen LogP contribution in [-0.4, -0.2) is 50.0 Å². The van der Waals surface area contributed by atoms with Gasteiger partial charge in [-0.3, -0.25) is 13.9 Å². The van der Waals surface area contributed by atoms with Gasteiger partial charge in [0.15, 0.2) is 0 Å². The summed E-state index contributed by atoms with van der Waals surface area (Å²) in [6, 6.07) is 8.61. The zero-order valence-corrected chi connectivity index (χ0v) is 21.0. The van der Waals surface area contributed by atoms with Crippen molar-refractivity contribution in [3.05, 3.63) is 63.9 Å². The number of anilines is 1. The summed E-state index contributed by atoms with van der Waals surface area (Å²) in [6.07, 6.45) is 0.920. The first-order valence-electron chi connectivity index (χ1n) is 10.1. The SMILES string of the molecule is CC(C)NC(=O)C(C)N(Cc1ccc(Cl)c(Cl)c1)C(=O)CN(c1cccc(F)c1)S(C)(=O)=O. The first-order valence-corrected chi connectivity index (χ1v) is 12.7. The van der Waals surface area contributed by atoms with Gasteiger partial charge >= 0.3 is 0 Å². The third-order valence-electron chi connectivity index (χ3n) is 4.71. The average Bonchev–Trinajstić information content (AvgIpc) is 2.70. The molecule has 7 nitrogen and oxygen atoms in total. The standard InChI is InChI=1S/C22H26Cl2FN3O4S/c1-14(2)26-22(30)15(3)27(12-16-8-9-19(23)20(24)10-16)21(29)13-28(33(4,31)32)18-7-5-6-17(25)11-18/h5-11,14-15H,12-13H2,1-4H3,(H,26,30). The maximum Gasteiger partial charge on any atom is 0.244 e. The van der Waals surface area contributed by atoms with E-state index in [1.165, 1.54) is 23.1 Å². The van der Waals surface area contributed by atoms with Gasteiger partial charge in [0, 0.05) is 12.6 Å². The Labute approximate surface area is 203 Å². The van der Waals surface area contributed by atoms with Gasteiger partial charge in [0.1, 0.15) is 18.4 Å². The molecule has 0 saturated heterocycles. The fourth-order valence-corrected chi connectivity index (χ4v) is 4.23. The molecule has 2 rings (SSSR count). The normalized spacial score (nSPS) is 12.4. The van der Waals surface area contributed by atoms with E-state index in [0.717, 1.165) is 16.6 Å². The Bertz CT molecular complexity index is 1130. The Morgan fingerprint density at radius 3 is 2.27 bits per heavy atom. The highest BCUT2D eigenvalue weighted by Gasteiger charge is 2.30. The zero-order valence-electron chi connectivity index (χ0n) is 18.7. The number of carbonyl (C=O) groups excluding carboxylic acids is 2. The molecule has 0 bridgehead atoms. The van der Waals surface area contributed by atoms with E-state index < -0.39 is 40.2 Å². The Morgan fingerprint density at radius 1 is 1.06 bits per heavy atom. The van der Waals surface area contributed by atoms with E-state index in [2.05, 4.69) is 5.32 Å². The first-order chi connectivity index (χ1) is 15.3. The monoisotopic (exact) mass is 517 g/mol. The number of hydrogen-bond acceptors (Lipinski definition) is 4. The minimum absolute atomic E-state index is 0.000350. The molecule has 33 heavy (non-hydrogen) atoms. The lowest BCUT2D eigenvalue weighted by Gasteiger charge is -2.32. The molecule has 0 aliphatic carbocycles. The van der Waals surface area contributed by atoms with E-state index in [4.69, 9.17) is 23.2 Å². The number of rotatable bonds is 9. The molecule has 2 aromatic carbocycles. The molecule has 2 aromatic rings. The van der Waals surface area contributed by atoms with E-state index in [1.807, 2.05) is 0 Å². The van der Waals surface area contributed by atoms with E-state index in [-0.39, 0.29) is 23.3 Å². The van der Waals surface area contributed by atoms with Crippen LogP contribution in [0.1, 0.15) is 26.3 Å². The molecule has 180 valence electrons. The maximum atomic E-state index is 13.7. The largest absolute Gasteiger partial charge is 0.352 e. The van der Waals surface area contributed by atoms with Gasteiger partial charge in [-0.15, -0.1) is 0 Å². The summed E-state index contributed by atoms with van der Waals surface area (Å²) in [5.41, 5.74) is 0.596. The summed E-state index contributed by atoms with van der Waals surface area (Å²) >= 11 is 12.1. The smallest absolute Gasteiger partial charge is 0.244 e. The number of nitrogens with zero attached hydrogens (tertiary/aromatic N) is 2. The van der Waals surface area contributed by atoms with Crippen LogP contribution in [0, 0.1) is 5.82 Å². The second-order valence-corrected chi connectivity index (χ2v) is 10.6. The van der Waals surface area contributed by atoms with Gasteiger partial charge in [-0.05, 0) is 56.7 Å². The zero-order chi connectivity index (χ0) is 24.9. The third-order valence-corrected chi connectivity index (χ3v) is 6.59. The average molecular weight is 518 g/mol. The summed E-state index contributed by atoms with van der Waals surface area (Å²) in [7, 11) is -3.93. The lowest BCUT2D eigenvalue weighted by atomic mass is 10.1. The second-order valence-electron chi connectivity index (χ2n) is 7.86. The Hall–Kier alpha value is -2.36. The number of amides is 2. The molecule has 0 heterocycles. The summed E-state index contributed by atoms with van der Waals surface area (Å²) in [5.74, 6) is -1.71. The van der Waals surface area contributed by atoms with Crippen LogP contribution in [-0.2, 0) is 26.2 Å². The predicted molar refractivity (Wildman–Crippen MR) is 128 cm³/mol. The van der Waals surface area contributed by atoms with Crippen molar-refractivity contribution >= 4 is 50.7 Å². The summed E-state index contributed by atoms with van der Waals surface area (Å²) in [5, 5.41) is 3.35. The molecule has 0 saturated carbocycles. The number of halogens is 3. The van der Waals surface area contributed by atoms with Crippen LogP contribution in [0.25, 0.3) is 0 Å². The molecular formula is C22H26Cl2FN3O4S. The van der Waals surface area contributed by atoms with E-state index in [9.17, 15) is 22.4 Å². The Kier molecular flexibility index (Phi) is 9.11. The van der Waals surface area contributed by atoms with Gasteiger partial charge in [-0.25, -0.2) is 12.8 Å². The van der Waals surface area contributed by atoms with Crippen LogP contribution >= 0.6 is 23.2 Å². The summed E-state index contributed by atoms with van der Waals surface area (Å²) in [4.78, 5) is 27.3.